The van der Waals surface area contributed by atoms with E-state index in [1.165, 1.54) is 57.8 Å². The molecule has 0 saturated heterocycles. The topological polar surface area (TPSA) is 61.8 Å². The Labute approximate surface area is 160 Å². The van der Waals surface area contributed by atoms with E-state index in [0.29, 0.717) is 13.2 Å². The average molecular weight is 373 g/mol. The van der Waals surface area contributed by atoms with Gasteiger partial charge in [0.1, 0.15) is 13.2 Å². The Kier molecular flexibility index (Phi) is 19.4. The van der Waals surface area contributed by atoms with Crippen LogP contribution in [-0.4, -0.2) is 38.4 Å². The first-order chi connectivity index (χ1) is 12.7. The third kappa shape index (κ3) is 19.2. The molecule has 0 spiro atoms. The van der Waals surface area contributed by atoms with E-state index in [0.717, 1.165) is 25.7 Å². The summed E-state index contributed by atoms with van der Waals surface area (Å²) in [5.41, 5.74) is 0. The monoisotopic (exact) mass is 372 g/mol. The van der Waals surface area contributed by atoms with Gasteiger partial charge < -0.3 is 14.2 Å². The molecule has 0 aromatic rings. The van der Waals surface area contributed by atoms with E-state index in [9.17, 15) is 9.59 Å². The van der Waals surface area contributed by atoms with Gasteiger partial charge in [-0.1, -0.05) is 84.5 Å². The maximum absolute atomic E-state index is 11.5. The van der Waals surface area contributed by atoms with Gasteiger partial charge in [-0.3, -0.25) is 0 Å². The van der Waals surface area contributed by atoms with Crippen molar-refractivity contribution in [1.29, 1.82) is 0 Å². The SMILES string of the molecule is CCCCCCCCCOC(=O)COCC(=O)OCCCCCCCC. The van der Waals surface area contributed by atoms with Crippen LogP contribution >= 0.6 is 0 Å². The lowest BCUT2D eigenvalue weighted by atomic mass is 10.1. The van der Waals surface area contributed by atoms with Gasteiger partial charge in [0.15, 0.2) is 0 Å². The standard InChI is InChI=1S/C21H40O5/c1-3-5-7-9-11-13-15-17-26-21(23)19-24-18-20(22)25-16-14-12-10-8-6-4-2/h3-19H2,1-2H3. The van der Waals surface area contributed by atoms with Crippen molar-refractivity contribution in [2.75, 3.05) is 26.4 Å². The number of carbonyl (C=O) groups excluding carboxylic acids is 2. The third-order valence-corrected chi connectivity index (χ3v) is 4.21. The molecule has 0 fully saturated rings. The number of unbranched alkanes of at least 4 members (excludes halogenated alkanes) is 11. The van der Waals surface area contributed by atoms with E-state index >= 15 is 0 Å². The van der Waals surface area contributed by atoms with Crippen LogP contribution < -0.4 is 0 Å². The molecule has 0 N–H and O–H groups in total. The fraction of sp³-hybridized carbons (Fsp3) is 0.905. The lowest BCUT2D eigenvalue weighted by Gasteiger charge is -2.07. The number of hydrogen-bond donors (Lipinski definition) is 0. The summed E-state index contributed by atoms with van der Waals surface area (Å²) in [6.45, 7) is 4.87. The molecule has 0 aliphatic rings. The number of esters is 2. The van der Waals surface area contributed by atoms with Gasteiger partial charge >= 0.3 is 11.9 Å². The molecule has 0 bridgehead atoms. The van der Waals surface area contributed by atoms with Crippen LogP contribution in [0.5, 0.6) is 0 Å². The minimum atomic E-state index is -0.418. The third-order valence-electron chi connectivity index (χ3n) is 4.21. The van der Waals surface area contributed by atoms with Crippen LogP contribution in [-0.2, 0) is 23.8 Å². The van der Waals surface area contributed by atoms with Crippen LogP contribution in [0.3, 0.4) is 0 Å². The summed E-state index contributed by atoms with van der Waals surface area (Å²) in [5.74, 6) is -0.835. The summed E-state index contributed by atoms with van der Waals surface area (Å²) < 4.78 is 15.2. The quantitative estimate of drug-likeness (QED) is 0.230. The highest BCUT2D eigenvalue weighted by Crippen LogP contribution is 2.07. The van der Waals surface area contributed by atoms with Crippen LogP contribution in [0.1, 0.15) is 97.3 Å². The highest BCUT2D eigenvalue weighted by Gasteiger charge is 2.07. The first-order valence-electron chi connectivity index (χ1n) is 10.6. The summed E-state index contributed by atoms with van der Waals surface area (Å²) in [6, 6.07) is 0. The molecule has 0 aromatic heterocycles. The Morgan fingerprint density at radius 2 is 0.885 bits per heavy atom. The molecular formula is C21H40O5. The van der Waals surface area contributed by atoms with Crippen molar-refractivity contribution in [2.45, 2.75) is 97.3 Å². The van der Waals surface area contributed by atoms with Crippen LogP contribution in [0, 0.1) is 0 Å². The second kappa shape index (κ2) is 20.2. The van der Waals surface area contributed by atoms with Crippen molar-refractivity contribution in [3.63, 3.8) is 0 Å². The molecule has 0 atom stereocenters. The zero-order chi connectivity index (χ0) is 19.3. The Morgan fingerprint density at radius 3 is 1.27 bits per heavy atom. The number of hydrogen-bond acceptors (Lipinski definition) is 5. The highest BCUT2D eigenvalue weighted by molar-refractivity contribution is 5.73. The van der Waals surface area contributed by atoms with Gasteiger partial charge in [0.25, 0.3) is 0 Å². The first kappa shape index (κ1) is 24.9. The van der Waals surface area contributed by atoms with Gasteiger partial charge in [0, 0.05) is 0 Å². The molecule has 0 aliphatic carbocycles. The van der Waals surface area contributed by atoms with E-state index < -0.39 is 11.9 Å². The fourth-order valence-corrected chi connectivity index (χ4v) is 2.61. The van der Waals surface area contributed by atoms with Crippen molar-refractivity contribution >= 4 is 11.9 Å². The molecule has 0 aromatic carbocycles. The zero-order valence-electron chi connectivity index (χ0n) is 17.1. The maximum Gasteiger partial charge on any atom is 0.332 e. The predicted octanol–water partition coefficient (Wildman–Crippen LogP) is 5.20. The Bertz CT molecular complexity index is 330. The summed E-state index contributed by atoms with van der Waals surface area (Å²) in [5, 5.41) is 0. The van der Waals surface area contributed by atoms with Gasteiger partial charge in [-0.2, -0.15) is 0 Å². The largest absolute Gasteiger partial charge is 0.464 e. The molecule has 0 rings (SSSR count). The molecule has 154 valence electrons. The number of ether oxygens (including phenoxy) is 3. The molecule has 5 nitrogen and oxygen atoms in total. The highest BCUT2D eigenvalue weighted by atomic mass is 16.6. The van der Waals surface area contributed by atoms with Crippen molar-refractivity contribution in [3.05, 3.63) is 0 Å². The number of carbonyl (C=O) groups is 2. The van der Waals surface area contributed by atoms with Gasteiger partial charge in [-0.05, 0) is 12.8 Å². The van der Waals surface area contributed by atoms with Crippen LogP contribution in [0.4, 0.5) is 0 Å². The second-order valence-corrected chi connectivity index (χ2v) is 6.82. The van der Waals surface area contributed by atoms with E-state index in [2.05, 4.69) is 13.8 Å². The van der Waals surface area contributed by atoms with E-state index in [1.54, 1.807) is 0 Å². The fourth-order valence-electron chi connectivity index (χ4n) is 2.61. The van der Waals surface area contributed by atoms with Crippen molar-refractivity contribution < 1.29 is 23.8 Å². The lowest BCUT2D eigenvalue weighted by molar-refractivity contribution is -0.155. The minimum absolute atomic E-state index is 0.192. The maximum atomic E-state index is 11.5. The smallest absolute Gasteiger partial charge is 0.332 e. The molecule has 0 aliphatic heterocycles. The average Bonchev–Trinajstić information content (AvgIpc) is 2.63. The second-order valence-electron chi connectivity index (χ2n) is 6.82. The van der Waals surface area contributed by atoms with Gasteiger partial charge in [0.2, 0.25) is 0 Å². The van der Waals surface area contributed by atoms with Crippen molar-refractivity contribution in [1.82, 2.24) is 0 Å². The van der Waals surface area contributed by atoms with Crippen molar-refractivity contribution in [3.8, 4) is 0 Å². The van der Waals surface area contributed by atoms with Gasteiger partial charge in [-0.25, -0.2) is 9.59 Å². The predicted molar refractivity (Wildman–Crippen MR) is 104 cm³/mol. The summed E-state index contributed by atoms with van der Waals surface area (Å²) in [7, 11) is 0. The van der Waals surface area contributed by atoms with Crippen molar-refractivity contribution in [2.24, 2.45) is 0 Å². The minimum Gasteiger partial charge on any atom is -0.464 e. The Hall–Kier alpha value is -1.10. The van der Waals surface area contributed by atoms with Gasteiger partial charge in [0.05, 0.1) is 13.2 Å². The molecule has 0 amide bonds. The number of rotatable bonds is 19. The lowest BCUT2D eigenvalue weighted by Crippen LogP contribution is -2.19. The van der Waals surface area contributed by atoms with Crippen LogP contribution in [0.15, 0.2) is 0 Å². The molecule has 5 heteroatoms. The Morgan fingerprint density at radius 1 is 0.538 bits per heavy atom. The van der Waals surface area contributed by atoms with Crippen LogP contribution in [0.2, 0.25) is 0 Å². The van der Waals surface area contributed by atoms with E-state index in [4.69, 9.17) is 14.2 Å². The molecule has 0 radical (unpaired) electrons. The molecule has 0 unspecified atom stereocenters. The molecule has 0 heterocycles. The van der Waals surface area contributed by atoms with Gasteiger partial charge in [-0.15, -0.1) is 0 Å². The summed E-state index contributed by atoms with van der Waals surface area (Å²) in [4.78, 5) is 23.0. The van der Waals surface area contributed by atoms with E-state index in [-0.39, 0.29) is 13.2 Å². The molecule has 26 heavy (non-hydrogen) atoms. The molecular weight excluding hydrogens is 332 g/mol. The van der Waals surface area contributed by atoms with E-state index in [1.807, 2.05) is 0 Å². The van der Waals surface area contributed by atoms with Crippen LogP contribution in [0.25, 0.3) is 0 Å². The normalized spacial score (nSPS) is 10.7. The zero-order valence-corrected chi connectivity index (χ0v) is 17.1. The summed E-state index contributed by atoms with van der Waals surface area (Å²) in [6.07, 6.45) is 15.2. The summed E-state index contributed by atoms with van der Waals surface area (Å²) >= 11 is 0. The molecule has 0 saturated carbocycles. The first-order valence-corrected chi connectivity index (χ1v) is 10.6. The Balaban J connectivity index is 3.32.